The van der Waals surface area contributed by atoms with Gasteiger partial charge < -0.3 is 14.8 Å². The standard InChI is InChI=1S/C46H64N4O7S/c1-6-7-8-9-10-11-12-13-14-15-16-17-18-19-20-25-32-49-42(47-37-27-22-24-29-40(37)58(49,54)55)41(50-44(52)46(4,5)57-45(50)53)43(51)48-36-26-21-23-28-39(36)56-38-31-30-34(2)33-35(38)3/h21-24,26-29,33,41H,6-20,25,30-32H2,1-5H3,(H,48,51). The highest BCUT2D eigenvalue weighted by atomic mass is 32.2. The first kappa shape index (κ1) is 44.6. The minimum Gasteiger partial charge on any atom is -0.459 e. The number of aliphatic imine (C=N–C) groups is 1. The summed E-state index contributed by atoms with van der Waals surface area (Å²) >= 11 is 0. The SMILES string of the molecule is CCCCCCCCCCCCCCCCCCN1C(C(C(=O)Nc2ccccc2OC2=C(C)C=C(C)CC2)N2C(=O)OC(C)(C)C2=O)=Nc2ccccc2S1(=O)=O. The number of sulfonamides is 1. The molecule has 12 heteroatoms. The Kier molecular flexibility index (Phi) is 16.2. The van der Waals surface area contributed by atoms with Gasteiger partial charge in [-0.15, -0.1) is 0 Å². The molecule has 3 aliphatic rings. The summed E-state index contributed by atoms with van der Waals surface area (Å²) in [5.41, 5.74) is 1.03. The number of hydrogen-bond donors (Lipinski definition) is 1. The third-order valence-corrected chi connectivity index (χ3v) is 13.0. The molecule has 11 nitrogen and oxygen atoms in total. The van der Waals surface area contributed by atoms with E-state index in [0.29, 0.717) is 23.5 Å². The van der Waals surface area contributed by atoms with E-state index in [1.165, 1.54) is 96.1 Å². The van der Waals surface area contributed by atoms with Gasteiger partial charge in [-0.25, -0.2) is 23.1 Å². The highest BCUT2D eigenvalue weighted by molar-refractivity contribution is 7.90. The van der Waals surface area contributed by atoms with Crippen LogP contribution in [0.2, 0.25) is 0 Å². The number of imide groups is 1. The Balaban J connectivity index is 1.30. The molecule has 2 heterocycles. The first-order valence-corrected chi connectivity index (χ1v) is 23.0. The van der Waals surface area contributed by atoms with E-state index in [9.17, 15) is 22.8 Å². The number of cyclic esters (lactones) is 1. The highest BCUT2D eigenvalue weighted by Crippen LogP contribution is 2.37. The van der Waals surface area contributed by atoms with E-state index in [4.69, 9.17) is 14.5 Å². The van der Waals surface area contributed by atoms with Gasteiger partial charge in [0.25, 0.3) is 21.8 Å². The van der Waals surface area contributed by atoms with Crippen molar-refractivity contribution in [2.45, 2.75) is 167 Å². The molecule has 0 spiro atoms. The fraction of sp³-hybridized carbons (Fsp3) is 0.565. The summed E-state index contributed by atoms with van der Waals surface area (Å²) in [6, 6.07) is 11.4. The maximum atomic E-state index is 14.7. The van der Waals surface area contributed by atoms with Crippen molar-refractivity contribution < 1.29 is 32.3 Å². The van der Waals surface area contributed by atoms with E-state index >= 15 is 0 Å². The molecule has 2 aromatic rings. The lowest BCUT2D eigenvalue weighted by Gasteiger charge is -2.35. The first-order valence-electron chi connectivity index (χ1n) is 21.6. The lowest BCUT2D eigenvalue weighted by atomic mass is 10.00. The molecule has 0 bridgehead atoms. The fourth-order valence-corrected chi connectivity index (χ4v) is 9.46. The molecule has 0 radical (unpaired) electrons. The van der Waals surface area contributed by atoms with Gasteiger partial charge in [-0.2, -0.15) is 0 Å². The summed E-state index contributed by atoms with van der Waals surface area (Å²) in [5, 5.41) is 2.86. The molecule has 3 amide bonds. The smallest absolute Gasteiger partial charge is 0.418 e. The van der Waals surface area contributed by atoms with Gasteiger partial charge in [-0.3, -0.25) is 13.9 Å². The van der Waals surface area contributed by atoms with E-state index in [1.54, 1.807) is 42.5 Å². The fourth-order valence-electron chi connectivity index (χ4n) is 7.84. The second-order valence-electron chi connectivity index (χ2n) is 16.5. The number of rotatable bonds is 23. The van der Waals surface area contributed by atoms with E-state index in [1.807, 2.05) is 6.92 Å². The molecule has 1 aliphatic carbocycles. The van der Waals surface area contributed by atoms with Gasteiger partial charge in [0, 0.05) is 13.0 Å². The van der Waals surface area contributed by atoms with Gasteiger partial charge in [-0.1, -0.05) is 139 Å². The topological polar surface area (TPSA) is 135 Å². The quantitative estimate of drug-likeness (QED) is 0.110. The van der Waals surface area contributed by atoms with Gasteiger partial charge >= 0.3 is 6.09 Å². The van der Waals surface area contributed by atoms with Crippen LogP contribution in [0.4, 0.5) is 16.2 Å². The van der Waals surface area contributed by atoms with Crippen LogP contribution < -0.4 is 10.1 Å². The zero-order valence-corrected chi connectivity index (χ0v) is 36.1. The van der Waals surface area contributed by atoms with Crippen LogP contribution in [0.15, 0.2) is 81.4 Å². The Morgan fingerprint density at radius 3 is 1.98 bits per heavy atom. The number of fused-ring (bicyclic) bond motifs is 1. The van der Waals surface area contributed by atoms with Crippen molar-refractivity contribution in [2.24, 2.45) is 4.99 Å². The molecule has 2 aliphatic heterocycles. The van der Waals surface area contributed by atoms with Crippen LogP contribution in [0.25, 0.3) is 0 Å². The summed E-state index contributed by atoms with van der Waals surface area (Å²) in [5.74, 6) is -0.748. The summed E-state index contributed by atoms with van der Waals surface area (Å²) in [6.07, 6.45) is 21.3. The van der Waals surface area contributed by atoms with Gasteiger partial charge in [-0.05, 0) is 70.4 Å². The molecule has 1 unspecified atom stereocenters. The molecule has 316 valence electrons. The predicted molar refractivity (Wildman–Crippen MR) is 230 cm³/mol. The first-order chi connectivity index (χ1) is 27.8. The van der Waals surface area contributed by atoms with E-state index in [-0.39, 0.29) is 28.7 Å². The number of nitrogens with one attached hydrogen (secondary N) is 1. The number of carbonyl (C=O) groups excluding carboxylic acids is 3. The number of carbonyl (C=O) groups is 3. The maximum Gasteiger partial charge on any atom is 0.418 e. The van der Waals surface area contributed by atoms with Crippen molar-refractivity contribution in [3.8, 4) is 5.75 Å². The number of allylic oxidation sites excluding steroid dienone is 4. The number of para-hydroxylation sites is 3. The Morgan fingerprint density at radius 2 is 1.40 bits per heavy atom. The number of unbranched alkanes of at least 4 members (excludes halogenated alkanes) is 15. The number of nitrogens with zero attached hydrogens (tertiary/aromatic N) is 3. The van der Waals surface area contributed by atoms with Crippen molar-refractivity contribution >= 4 is 45.1 Å². The number of benzene rings is 2. The van der Waals surface area contributed by atoms with Crippen LogP contribution in [0.3, 0.4) is 0 Å². The zero-order valence-electron chi connectivity index (χ0n) is 35.3. The third-order valence-electron chi connectivity index (χ3n) is 11.2. The molecule has 0 saturated carbocycles. The molecule has 58 heavy (non-hydrogen) atoms. The second kappa shape index (κ2) is 21.0. The summed E-state index contributed by atoms with van der Waals surface area (Å²) in [4.78, 5) is 47.4. The second-order valence-corrected chi connectivity index (χ2v) is 18.3. The molecule has 1 fully saturated rings. The number of hydrogen-bond acceptors (Lipinski definition) is 8. The molecular weight excluding hydrogens is 753 g/mol. The summed E-state index contributed by atoms with van der Waals surface area (Å²) in [6.45, 7) is 9.17. The van der Waals surface area contributed by atoms with Gasteiger partial charge in [0.05, 0.1) is 11.4 Å². The third kappa shape index (κ3) is 11.4. The Labute approximate surface area is 346 Å². The zero-order chi connectivity index (χ0) is 41.7. The van der Waals surface area contributed by atoms with Crippen LogP contribution in [0.1, 0.15) is 150 Å². The van der Waals surface area contributed by atoms with Crippen molar-refractivity contribution in [2.75, 3.05) is 11.9 Å². The number of anilines is 1. The largest absolute Gasteiger partial charge is 0.459 e. The van der Waals surface area contributed by atoms with Gasteiger partial charge in [0.15, 0.2) is 17.5 Å². The van der Waals surface area contributed by atoms with Crippen molar-refractivity contribution in [1.82, 2.24) is 9.21 Å². The number of amides is 3. The van der Waals surface area contributed by atoms with E-state index in [0.717, 1.165) is 47.7 Å². The van der Waals surface area contributed by atoms with Gasteiger partial charge in [0.1, 0.15) is 16.4 Å². The van der Waals surface area contributed by atoms with Crippen LogP contribution in [0, 0.1) is 0 Å². The Hall–Kier alpha value is -4.45. The minimum atomic E-state index is -4.24. The maximum absolute atomic E-state index is 14.7. The number of ether oxygens (including phenoxy) is 2. The molecule has 1 saturated heterocycles. The molecule has 1 atom stereocenters. The molecule has 0 aromatic heterocycles. The molecule has 2 aromatic carbocycles. The predicted octanol–water partition coefficient (Wildman–Crippen LogP) is 11.1. The van der Waals surface area contributed by atoms with Crippen LogP contribution in [-0.2, 0) is 24.3 Å². The average Bonchev–Trinajstić information content (AvgIpc) is 3.38. The van der Waals surface area contributed by atoms with Crippen LogP contribution in [-0.4, -0.2) is 59.6 Å². The van der Waals surface area contributed by atoms with Gasteiger partial charge in [0.2, 0.25) is 0 Å². The van der Waals surface area contributed by atoms with Crippen LogP contribution in [0.5, 0.6) is 5.75 Å². The summed E-state index contributed by atoms with van der Waals surface area (Å²) < 4.78 is 41.6. The lowest BCUT2D eigenvalue weighted by molar-refractivity contribution is -0.137. The van der Waals surface area contributed by atoms with E-state index < -0.39 is 39.6 Å². The Morgan fingerprint density at radius 1 is 0.828 bits per heavy atom. The molecule has 5 rings (SSSR count). The Bertz CT molecular complexity index is 1970. The van der Waals surface area contributed by atoms with Crippen molar-refractivity contribution in [3.63, 3.8) is 0 Å². The minimum absolute atomic E-state index is 0.00999. The average molecular weight is 817 g/mol. The summed E-state index contributed by atoms with van der Waals surface area (Å²) in [7, 11) is -4.24. The molecular formula is C46H64N4O7S. The van der Waals surface area contributed by atoms with E-state index in [2.05, 4.69) is 25.2 Å². The molecule has 1 N–H and O–H groups in total. The lowest BCUT2D eigenvalue weighted by Crippen LogP contribution is -2.59. The van der Waals surface area contributed by atoms with Crippen molar-refractivity contribution in [1.29, 1.82) is 0 Å². The van der Waals surface area contributed by atoms with Crippen LogP contribution >= 0.6 is 0 Å². The normalized spacial score (nSPS) is 17.7. The highest BCUT2D eigenvalue weighted by Gasteiger charge is 2.55. The van der Waals surface area contributed by atoms with Crippen molar-refractivity contribution in [3.05, 3.63) is 71.5 Å². The monoisotopic (exact) mass is 816 g/mol. The number of amidine groups is 1.